The monoisotopic (exact) mass is 211 g/mol. The Kier molecular flexibility index (Phi) is 3.99. The van der Waals surface area contributed by atoms with Crippen molar-refractivity contribution in [3.8, 4) is 0 Å². The summed E-state index contributed by atoms with van der Waals surface area (Å²) in [5.74, 6) is -0.330. The molecular formula is C9H13N3O3. The average Bonchev–Trinajstić information content (AvgIpc) is 2.17. The third kappa shape index (κ3) is 3.51. The summed E-state index contributed by atoms with van der Waals surface area (Å²) in [6.45, 7) is 0.292. The molecule has 6 heteroatoms. The first-order chi connectivity index (χ1) is 7.13. The molecular weight excluding hydrogens is 198 g/mol. The highest BCUT2D eigenvalue weighted by atomic mass is 16.5. The summed E-state index contributed by atoms with van der Waals surface area (Å²) in [4.78, 5) is 20.0. The fourth-order valence-corrected chi connectivity index (χ4v) is 1.11. The van der Waals surface area contributed by atoms with E-state index in [0.29, 0.717) is 12.4 Å². The molecule has 1 aromatic heterocycles. The number of carbonyl (C=O) groups is 1. The van der Waals surface area contributed by atoms with Gasteiger partial charge in [-0.05, 0) is 0 Å². The van der Waals surface area contributed by atoms with E-state index in [0.717, 1.165) is 5.69 Å². The van der Waals surface area contributed by atoms with Gasteiger partial charge < -0.3 is 14.7 Å². The van der Waals surface area contributed by atoms with Crippen LogP contribution in [0.2, 0.25) is 0 Å². The van der Waals surface area contributed by atoms with Crippen LogP contribution in [0.25, 0.3) is 0 Å². The molecule has 6 nitrogen and oxygen atoms in total. The van der Waals surface area contributed by atoms with Gasteiger partial charge in [0.15, 0.2) is 0 Å². The molecule has 0 fully saturated rings. The topological polar surface area (TPSA) is 75.5 Å². The molecule has 0 unspecified atom stereocenters. The van der Waals surface area contributed by atoms with Gasteiger partial charge in [-0.1, -0.05) is 0 Å². The summed E-state index contributed by atoms with van der Waals surface area (Å²) in [6, 6.07) is 1.70. The highest BCUT2D eigenvalue weighted by molar-refractivity contribution is 5.72. The Morgan fingerprint density at radius 3 is 2.93 bits per heavy atom. The minimum atomic E-state index is -0.899. The van der Waals surface area contributed by atoms with E-state index in [1.807, 2.05) is 0 Å². The van der Waals surface area contributed by atoms with Crippen LogP contribution in [0.1, 0.15) is 5.69 Å². The highest BCUT2D eigenvalue weighted by Gasteiger charge is 2.07. The predicted octanol–water partition coefficient (Wildman–Crippen LogP) is 0.144. The average molecular weight is 211 g/mol. The first-order valence-corrected chi connectivity index (χ1v) is 4.36. The molecule has 15 heavy (non-hydrogen) atoms. The maximum absolute atomic E-state index is 10.5. The van der Waals surface area contributed by atoms with Crippen molar-refractivity contribution in [1.29, 1.82) is 0 Å². The quantitative estimate of drug-likeness (QED) is 0.746. The summed E-state index contributed by atoms with van der Waals surface area (Å²) < 4.78 is 4.92. The summed E-state index contributed by atoms with van der Waals surface area (Å²) in [5, 5.41) is 8.61. The highest BCUT2D eigenvalue weighted by Crippen LogP contribution is 2.09. The Labute approximate surface area is 87.5 Å². The van der Waals surface area contributed by atoms with Gasteiger partial charge in [0.1, 0.15) is 18.7 Å². The van der Waals surface area contributed by atoms with Gasteiger partial charge in [-0.25, -0.2) is 9.97 Å². The van der Waals surface area contributed by atoms with Crippen molar-refractivity contribution in [3.63, 3.8) is 0 Å². The number of hydrogen-bond donors (Lipinski definition) is 1. The lowest BCUT2D eigenvalue weighted by Crippen LogP contribution is -2.26. The molecule has 0 aliphatic rings. The molecule has 0 spiro atoms. The van der Waals surface area contributed by atoms with Crippen LogP contribution in [0, 0.1) is 0 Å². The molecule has 0 bridgehead atoms. The Morgan fingerprint density at radius 2 is 2.33 bits per heavy atom. The van der Waals surface area contributed by atoms with E-state index in [1.54, 1.807) is 20.2 Å². The number of carboxylic acids is 1. The molecule has 0 aliphatic heterocycles. The van der Waals surface area contributed by atoms with Crippen molar-refractivity contribution in [2.45, 2.75) is 6.61 Å². The second-order valence-corrected chi connectivity index (χ2v) is 3.05. The van der Waals surface area contributed by atoms with Gasteiger partial charge in [0, 0.05) is 20.2 Å². The number of likely N-dealkylation sites (N-methyl/N-ethyl adjacent to an activating group) is 1. The van der Waals surface area contributed by atoms with Gasteiger partial charge in [-0.2, -0.15) is 0 Å². The number of nitrogens with zero attached hydrogens (tertiary/aromatic N) is 3. The second kappa shape index (κ2) is 5.26. The van der Waals surface area contributed by atoms with E-state index in [9.17, 15) is 4.79 Å². The normalized spacial score (nSPS) is 10.0. The molecule has 1 aromatic rings. The Hall–Kier alpha value is -1.69. The van der Waals surface area contributed by atoms with E-state index in [-0.39, 0.29) is 6.54 Å². The number of methoxy groups -OCH3 is 1. The molecule has 1 heterocycles. The van der Waals surface area contributed by atoms with E-state index >= 15 is 0 Å². The fourth-order valence-electron chi connectivity index (χ4n) is 1.11. The zero-order valence-electron chi connectivity index (χ0n) is 8.67. The van der Waals surface area contributed by atoms with E-state index < -0.39 is 5.97 Å². The van der Waals surface area contributed by atoms with Gasteiger partial charge in [0.05, 0.1) is 12.3 Å². The van der Waals surface area contributed by atoms with E-state index in [1.165, 1.54) is 11.2 Å². The van der Waals surface area contributed by atoms with Crippen LogP contribution < -0.4 is 4.90 Å². The lowest BCUT2D eigenvalue weighted by atomic mass is 10.4. The van der Waals surface area contributed by atoms with Crippen LogP contribution >= 0.6 is 0 Å². The molecule has 0 saturated carbocycles. The van der Waals surface area contributed by atoms with Gasteiger partial charge in [-0.3, -0.25) is 4.79 Å². The Bertz CT molecular complexity index is 343. The molecule has 0 amide bonds. The number of aliphatic carboxylic acids is 1. The third-order valence-corrected chi connectivity index (χ3v) is 1.77. The summed E-state index contributed by atoms with van der Waals surface area (Å²) in [5.41, 5.74) is 0.722. The van der Waals surface area contributed by atoms with Crippen molar-refractivity contribution >= 4 is 11.8 Å². The van der Waals surface area contributed by atoms with Crippen LogP contribution in [0.5, 0.6) is 0 Å². The minimum Gasteiger partial charge on any atom is -0.480 e. The van der Waals surface area contributed by atoms with Gasteiger partial charge in [-0.15, -0.1) is 0 Å². The first kappa shape index (κ1) is 11.4. The van der Waals surface area contributed by atoms with E-state index in [2.05, 4.69) is 9.97 Å². The fraction of sp³-hybridized carbons (Fsp3) is 0.444. The Morgan fingerprint density at radius 1 is 1.60 bits per heavy atom. The molecule has 0 aromatic carbocycles. The number of ether oxygens (including phenoxy) is 1. The van der Waals surface area contributed by atoms with Crippen LogP contribution in [0.4, 0.5) is 5.82 Å². The summed E-state index contributed by atoms with van der Waals surface area (Å²) in [6.07, 6.45) is 1.39. The number of rotatable bonds is 5. The molecule has 1 N–H and O–H groups in total. The minimum absolute atomic E-state index is 0.0938. The van der Waals surface area contributed by atoms with Crippen molar-refractivity contribution in [2.24, 2.45) is 0 Å². The largest absolute Gasteiger partial charge is 0.480 e. The lowest BCUT2D eigenvalue weighted by Gasteiger charge is -2.15. The van der Waals surface area contributed by atoms with Gasteiger partial charge in [0.2, 0.25) is 0 Å². The summed E-state index contributed by atoms with van der Waals surface area (Å²) >= 11 is 0. The van der Waals surface area contributed by atoms with Crippen LogP contribution in [0.15, 0.2) is 12.4 Å². The molecule has 1 rings (SSSR count). The zero-order chi connectivity index (χ0) is 11.3. The predicted molar refractivity (Wildman–Crippen MR) is 53.7 cm³/mol. The van der Waals surface area contributed by atoms with Crippen LogP contribution in [-0.4, -0.2) is 41.7 Å². The van der Waals surface area contributed by atoms with Gasteiger partial charge >= 0.3 is 5.97 Å². The number of hydrogen-bond acceptors (Lipinski definition) is 5. The second-order valence-electron chi connectivity index (χ2n) is 3.05. The van der Waals surface area contributed by atoms with Gasteiger partial charge in [0.25, 0.3) is 0 Å². The number of anilines is 1. The molecule has 82 valence electrons. The SMILES string of the molecule is COCc1cc(N(C)CC(=O)O)ncn1. The smallest absolute Gasteiger partial charge is 0.323 e. The van der Waals surface area contributed by atoms with Crippen LogP contribution in [-0.2, 0) is 16.1 Å². The third-order valence-electron chi connectivity index (χ3n) is 1.77. The van der Waals surface area contributed by atoms with Crippen molar-refractivity contribution in [1.82, 2.24) is 9.97 Å². The zero-order valence-corrected chi connectivity index (χ0v) is 8.67. The van der Waals surface area contributed by atoms with E-state index in [4.69, 9.17) is 9.84 Å². The first-order valence-electron chi connectivity index (χ1n) is 4.36. The molecule has 0 aliphatic carbocycles. The molecule has 0 atom stereocenters. The summed E-state index contributed by atoms with van der Waals surface area (Å²) in [7, 11) is 3.23. The van der Waals surface area contributed by atoms with Crippen LogP contribution in [0.3, 0.4) is 0 Å². The van der Waals surface area contributed by atoms with Crippen molar-refractivity contribution < 1.29 is 14.6 Å². The number of carboxylic acid groups (broad SMARTS) is 1. The maximum atomic E-state index is 10.5. The number of aromatic nitrogens is 2. The lowest BCUT2D eigenvalue weighted by molar-refractivity contribution is -0.135. The molecule has 0 radical (unpaired) electrons. The van der Waals surface area contributed by atoms with Crippen molar-refractivity contribution in [3.05, 3.63) is 18.1 Å². The standard InChI is InChI=1S/C9H13N3O3/c1-12(4-9(13)14)8-3-7(5-15-2)10-6-11-8/h3,6H,4-5H2,1-2H3,(H,13,14). The Balaban J connectivity index is 2.75. The molecule has 0 saturated heterocycles. The van der Waals surface area contributed by atoms with Crippen molar-refractivity contribution in [2.75, 3.05) is 25.6 Å². The maximum Gasteiger partial charge on any atom is 0.323 e.